The molecule has 6 rings (SSSR count). The van der Waals surface area contributed by atoms with Crippen molar-refractivity contribution in [3.8, 4) is 17.2 Å². The van der Waals surface area contributed by atoms with Crippen molar-refractivity contribution in [3.63, 3.8) is 0 Å². The van der Waals surface area contributed by atoms with Crippen molar-refractivity contribution in [3.05, 3.63) is 105 Å². The number of nitrogens with zero attached hydrogens (tertiary/aromatic N) is 1. The molecule has 2 aliphatic heterocycles. The monoisotopic (exact) mass is 529 g/mol. The Hall–Kier alpha value is -3.94. The van der Waals surface area contributed by atoms with Gasteiger partial charge in [0.05, 0.1) is 11.4 Å². The predicted molar refractivity (Wildman–Crippen MR) is 144 cm³/mol. The minimum absolute atomic E-state index is 0.0473. The summed E-state index contributed by atoms with van der Waals surface area (Å²) in [5.41, 5.74) is 2.46. The third kappa shape index (κ3) is 4.75. The van der Waals surface area contributed by atoms with Crippen molar-refractivity contribution in [2.45, 2.75) is 13.2 Å². The lowest BCUT2D eigenvalue weighted by Crippen LogP contribution is -2.27. The van der Waals surface area contributed by atoms with Gasteiger partial charge in [-0.1, -0.05) is 66.2 Å². The molecule has 1 saturated heterocycles. The van der Waals surface area contributed by atoms with Gasteiger partial charge < -0.3 is 14.2 Å². The van der Waals surface area contributed by atoms with Gasteiger partial charge in [-0.2, -0.15) is 0 Å². The second kappa shape index (κ2) is 9.84. The zero-order valence-electron chi connectivity index (χ0n) is 19.5. The van der Waals surface area contributed by atoms with Crippen LogP contribution in [0.25, 0.3) is 16.8 Å². The summed E-state index contributed by atoms with van der Waals surface area (Å²) in [4.78, 5) is 27.3. The Bertz CT molecular complexity index is 1580. The first kappa shape index (κ1) is 23.5. The van der Waals surface area contributed by atoms with Crippen LogP contribution in [0.4, 0.5) is 4.79 Å². The number of halogens is 1. The van der Waals surface area contributed by atoms with Crippen LogP contribution >= 0.6 is 23.4 Å². The molecule has 0 aliphatic carbocycles. The Morgan fingerprint density at radius 1 is 0.919 bits per heavy atom. The van der Waals surface area contributed by atoms with E-state index in [2.05, 4.69) is 24.3 Å². The maximum absolute atomic E-state index is 13.1. The first-order valence-electron chi connectivity index (χ1n) is 11.6. The number of rotatable bonds is 6. The number of benzene rings is 4. The highest BCUT2D eigenvalue weighted by Gasteiger charge is 2.35. The van der Waals surface area contributed by atoms with Crippen LogP contribution in [0.3, 0.4) is 0 Å². The Morgan fingerprint density at radius 3 is 2.59 bits per heavy atom. The third-order valence-electron chi connectivity index (χ3n) is 6.17. The van der Waals surface area contributed by atoms with Crippen LogP contribution in [0.5, 0.6) is 17.2 Å². The first-order valence-corrected chi connectivity index (χ1v) is 12.8. The zero-order valence-corrected chi connectivity index (χ0v) is 21.1. The van der Waals surface area contributed by atoms with Gasteiger partial charge in [0.2, 0.25) is 6.79 Å². The molecule has 0 saturated carbocycles. The molecular weight excluding hydrogens is 510 g/mol. The van der Waals surface area contributed by atoms with Gasteiger partial charge in [0.1, 0.15) is 12.4 Å². The molecule has 4 aromatic rings. The van der Waals surface area contributed by atoms with Crippen molar-refractivity contribution in [1.82, 2.24) is 4.90 Å². The molecule has 2 heterocycles. The van der Waals surface area contributed by atoms with Gasteiger partial charge in [-0.3, -0.25) is 14.5 Å². The van der Waals surface area contributed by atoms with E-state index in [1.54, 1.807) is 18.2 Å². The van der Waals surface area contributed by atoms with Gasteiger partial charge in [0.15, 0.2) is 11.5 Å². The molecule has 0 spiro atoms. The SMILES string of the molecule is O=C1S/C(=C/c2cccc(OCc3cccc4ccccc34)c2)C(=O)N1Cc1cc2c(cc1Cl)OCO2. The van der Waals surface area contributed by atoms with E-state index in [1.807, 2.05) is 42.5 Å². The maximum atomic E-state index is 13.1. The second-order valence-corrected chi connectivity index (χ2v) is 9.96. The van der Waals surface area contributed by atoms with Crippen LogP contribution in [0.1, 0.15) is 16.7 Å². The number of carbonyl (C=O) groups is 2. The largest absolute Gasteiger partial charge is 0.489 e. The number of carbonyl (C=O) groups excluding carboxylic acids is 2. The van der Waals surface area contributed by atoms with Crippen molar-refractivity contribution in [1.29, 1.82) is 0 Å². The minimum Gasteiger partial charge on any atom is -0.489 e. The fourth-order valence-corrected chi connectivity index (χ4v) is 5.36. The van der Waals surface area contributed by atoms with Crippen LogP contribution in [0.15, 0.2) is 83.8 Å². The topological polar surface area (TPSA) is 65.1 Å². The molecule has 8 heteroatoms. The molecule has 0 N–H and O–H groups in total. The molecular formula is C29H20ClNO5S. The minimum atomic E-state index is -0.370. The molecule has 0 bridgehead atoms. The van der Waals surface area contributed by atoms with E-state index in [4.69, 9.17) is 25.8 Å². The molecule has 0 aromatic heterocycles. The average Bonchev–Trinajstić information content (AvgIpc) is 3.46. The van der Waals surface area contributed by atoms with E-state index in [1.165, 1.54) is 4.90 Å². The van der Waals surface area contributed by atoms with Gasteiger partial charge in [0, 0.05) is 11.1 Å². The molecule has 0 unspecified atom stereocenters. The molecule has 6 nitrogen and oxygen atoms in total. The van der Waals surface area contributed by atoms with Gasteiger partial charge in [-0.05, 0) is 63.5 Å². The second-order valence-electron chi connectivity index (χ2n) is 8.56. The highest BCUT2D eigenvalue weighted by atomic mass is 35.5. The van der Waals surface area contributed by atoms with Gasteiger partial charge in [-0.15, -0.1) is 0 Å². The average molecular weight is 530 g/mol. The van der Waals surface area contributed by atoms with Crippen LogP contribution in [-0.2, 0) is 17.9 Å². The predicted octanol–water partition coefficient (Wildman–Crippen LogP) is 7.04. The zero-order chi connectivity index (χ0) is 25.4. The van der Waals surface area contributed by atoms with Crippen LogP contribution in [-0.4, -0.2) is 22.8 Å². The number of imide groups is 1. The highest BCUT2D eigenvalue weighted by molar-refractivity contribution is 8.18. The van der Waals surface area contributed by atoms with E-state index in [-0.39, 0.29) is 24.5 Å². The van der Waals surface area contributed by atoms with Crippen molar-refractivity contribution in [2.24, 2.45) is 0 Å². The fraction of sp³-hybridized carbons (Fsp3) is 0.103. The summed E-state index contributed by atoms with van der Waals surface area (Å²) in [7, 11) is 0. The number of thioether (sulfide) groups is 1. The lowest BCUT2D eigenvalue weighted by Gasteiger charge is -2.14. The highest BCUT2D eigenvalue weighted by Crippen LogP contribution is 2.39. The fourth-order valence-electron chi connectivity index (χ4n) is 4.31. The summed E-state index contributed by atoms with van der Waals surface area (Å²) in [5.74, 6) is 1.39. The summed E-state index contributed by atoms with van der Waals surface area (Å²) in [6.45, 7) is 0.577. The molecule has 1 fully saturated rings. The summed E-state index contributed by atoms with van der Waals surface area (Å²) < 4.78 is 16.8. The number of hydrogen-bond acceptors (Lipinski definition) is 6. The molecule has 0 radical (unpaired) electrons. The van der Waals surface area contributed by atoms with Crippen LogP contribution in [0, 0.1) is 0 Å². The summed E-state index contributed by atoms with van der Waals surface area (Å²) >= 11 is 7.25. The molecule has 184 valence electrons. The molecule has 0 atom stereocenters. The third-order valence-corrected chi connectivity index (χ3v) is 7.43. The van der Waals surface area contributed by atoms with Crippen molar-refractivity contribution in [2.75, 3.05) is 6.79 Å². The van der Waals surface area contributed by atoms with Crippen LogP contribution < -0.4 is 14.2 Å². The Balaban J connectivity index is 1.17. The summed E-state index contributed by atoms with van der Waals surface area (Å²) in [5, 5.41) is 2.36. The van der Waals surface area contributed by atoms with E-state index in [9.17, 15) is 9.59 Å². The van der Waals surface area contributed by atoms with Crippen molar-refractivity contribution >= 4 is 51.4 Å². The summed E-state index contributed by atoms with van der Waals surface area (Å²) in [6, 6.07) is 25.1. The standard InChI is InChI=1S/C29H20ClNO5S/c30-24-14-26-25(35-17-36-26)13-21(24)15-31-28(32)27(37-29(31)33)12-18-5-3-9-22(11-18)34-16-20-8-4-7-19-6-1-2-10-23(19)20/h1-14H,15-17H2/b27-12+. The Kier molecular flexibility index (Phi) is 6.24. The number of ether oxygens (including phenoxy) is 3. The summed E-state index contributed by atoms with van der Waals surface area (Å²) in [6.07, 6.45) is 1.71. The van der Waals surface area contributed by atoms with Crippen molar-refractivity contribution < 1.29 is 23.8 Å². The Labute approximate surface area is 222 Å². The quantitative estimate of drug-likeness (QED) is 0.250. The first-order chi connectivity index (χ1) is 18.0. The van der Waals surface area contributed by atoms with Gasteiger partial charge in [-0.25, -0.2) is 0 Å². The van der Waals surface area contributed by atoms with E-state index in [0.29, 0.717) is 39.3 Å². The van der Waals surface area contributed by atoms with Gasteiger partial charge >= 0.3 is 0 Å². The molecule has 2 aliphatic rings. The van der Waals surface area contributed by atoms with Gasteiger partial charge in [0.25, 0.3) is 11.1 Å². The molecule has 2 amide bonds. The van der Waals surface area contributed by atoms with Crippen LogP contribution in [0.2, 0.25) is 5.02 Å². The maximum Gasteiger partial charge on any atom is 0.293 e. The lowest BCUT2D eigenvalue weighted by molar-refractivity contribution is -0.123. The van der Waals surface area contributed by atoms with E-state index >= 15 is 0 Å². The number of hydrogen-bond donors (Lipinski definition) is 0. The van der Waals surface area contributed by atoms with E-state index < -0.39 is 0 Å². The lowest BCUT2D eigenvalue weighted by atomic mass is 10.1. The number of fused-ring (bicyclic) bond motifs is 2. The number of amides is 2. The smallest absolute Gasteiger partial charge is 0.293 e. The normalized spacial score (nSPS) is 15.7. The Morgan fingerprint density at radius 2 is 1.70 bits per heavy atom. The molecule has 4 aromatic carbocycles. The van der Waals surface area contributed by atoms with E-state index in [0.717, 1.165) is 33.7 Å². The molecule has 37 heavy (non-hydrogen) atoms.